The first kappa shape index (κ1) is 28.9. The molecule has 1 saturated heterocycles. The zero-order valence-corrected chi connectivity index (χ0v) is 23.2. The average Bonchev–Trinajstić information content (AvgIpc) is 3.48. The molecule has 1 unspecified atom stereocenters. The molecule has 210 valence electrons. The first-order valence-electron chi connectivity index (χ1n) is 12.5. The molecule has 1 aliphatic rings. The van der Waals surface area contributed by atoms with Crippen molar-refractivity contribution < 1.29 is 37.4 Å². The van der Waals surface area contributed by atoms with Crippen LogP contribution in [0.5, 0.6) is 5.75 Å². The van der Waals surface area contributed by atoms with Gasteiger partial charge in [-0.2, -0.15) is 10.4 Å². The summed E-state index contributed by atoms with van der Waals surface area (Å²) in [6.07, 6.45) is -2.70. The number of ether oxygens (including phenoxy) is 3. The fraction of sp³-hybridized carbons (Fsp3) is 0.423. The summed E-state index contributed by atoms with van der Waals surface area (Å²) in [6.45, 7) is 5.85. The van der Waals surface area contributed by atoms with Gasteiger partial charge in [-0.3, -0.25) is 9.59 Å². The number of hydrogen-bond acceptors (Lipinski definition) is 12. The molecule has 5 atom stereocenters. The van der Waals surface area contributed by atoms with Crippen LogP contribution in [0.4, 0.5) is 5.82 Å². The quantitative estimate of drug-likeness (QED) is 0.277. The van der Waals surface area contributed by atoms with Crippen LogP contribution in [0.2, 0.25) is 0 Å². The third-order valence-electron chi connectivity index (χ3n) is 6.13. The van der Waals surface area contributed by atoms with Gasteiger partial charge in [0.15, 0.2) is 30.4 Å². The molecule has 1 fully saturated rings. The Bertz CT molecular complexity index is 1440. The lowest BCUT2D eigenvalue weighted by Crippen LogP contribution is -2.49. The lowest BCUT2D eigenvalue weighted by Gasteiger charge is -2.28. The van der Waals surface area contributed by atoms with Gasteiger partial charge < -0.3 is 19.9 Å². The van der Waals surface area contributed by atoms with E-state index in [1.165, 1.54) is 10.8 Å². The topological polar surface area (TPSA) is 177 Å². The van der Waals surface area contributed by atoms with E-state index in [-0.39, 0.29) is 11.6 Å². The Morgan fingerprint density at radius 2 is 1.80 bits per heavy atom. The summed E-state index contributed by atoms with van der Waals surface area (Å²) in [7, 11) is -2.77. The maximum absolute atomic E-state index is 12.8. The lowest BCUT2D eigenvalue weighted by molar-refractivity contribution is -0.173. The number of esters is 2. The number of nitrogens with zero attached hydrogens (tertiary/aromatic N) is 4. The van der Waals surface area contributed by atoms with Crippen LogP contribution in [0.15, 0.2) is 48.8 Å². The molecule has 0 spiro atoms. The Hall–Kier alpha value is -4.11. The van der Waals surface area contributed by atoms with Crippen molar-refractivity contribution in [1.29, 1.82) is 5.26 Å². The summed E-state index contributed by atoms with van der Waals surface area (Å²) >= 11 is 0. The molecule has 3 heterocycles. The zero-order chi connectivity index (χ0) is 29.0. The van der Waals surface area contributed by atoms with Gasteiger partial charge in [0, 0.05) is 4.57 Å². The van der Waals surface area contributed by atoms with Gasteiger partial charge in [-0.1, -0.05) is 45.9 Å². The van der Waals surface area contributed by atoms with Crippen LogP contribution < -0.4 is 10.3 Å². The van der Waals surface area contributed by atoms with E-state index < -0.39 is 62.5 Å². The Kier molecular flexibility index (Phi) is 8.64. The minimum atomic E-state index is -2.77. The number of nitrogen functional groups attached to an aromatic ring is 1. The van der Waals surface area contributed by atoms with Crippen molar-refractivity contribution in [1.82, 2.24) is 14.6 Å². The molecule has 1 aromatic carbocycles. The number of nitriles is 1. The summed E-state index contributed by atoms with van der Waals surface area (Å²) in [5.74, 6) is -1.96. The fourth-order valence-corrected chi connectivity index (χ4v) is 4.64. The molecular weight excluding hydrogens is 541 g/mol. The van der Waals surface area contributed by atoms with Gasteiger partial charge in [0.25, 0.3) is 0 Å². The number of carbonyl (C=O) groups excluding carboxylic acids is 2. The van der Waals surface area contributed by atoms with Gasteiger partial charge in [0.05, 0.1) is 17.5 Å². The highest BCUT2D eigenvalue weighted by molar-refractivity contribution is 7.33. The van der Waals surface area contributed by atoms with Crippen molar-refractivity contribution in [2.75, 3.05) is 12.3 Å². The van der Waals surface area contributed by atoms with E-state index in [0.717, 1.165) is 0 Å². The standard InChI is InChI=1S/C26H29N5O8P/c1-15(2)24(32)36-21-20(18-10-11-19-23(28)29-14-30-31(18)19)38-26(12-27,22(21)37-25(33)16(3)4)13-35-40(34)39-17-8-6-5-7-9-17/h5-11,14-16,20-22H,13H2,1-4H3,(H2,28,29,30)/q+1/t20-,21-,22-,26+/m0/s1. The van der Waals surface area contributed by atoms with Crippen molar-refractivity contribution in [2.45, 2.75) is 51.6 Å². The lowest BCUT2D eigenvalue weighted by atomic mass is 9.95. The van der Waals surface area contributed by atoms with Crippen molar-refractivity contribution in [3.63, 3.8) is 0 Å². The van der Waals surface area contributed by atoms with Crippen molar-refractivity contribution >= 4 is 31.5 Å². The fourth-order valence-electron chi connectivity index (χ4n) is 4.00. The van der Waals surface area contributed by atoms with E-state index in [4.69, 9.17) is 29.0 Å². The first-order chi connectivity index (χ1) is 19.1. The largest absolute Gasteiger partial charge is 0.750 e. The highest BCUT2D eigenvalue weighted by Crippen LogP contribution is 2.45. The number of para-hydroxylation sites is 1. The van der Waals surface area contributed by atoms with E-state index in [2.05, 4.69) is 10.1 Å². The van der Waals surface area contributed by atoms with Crippen LogP contribution in [0.25, 0.3) is 5.52 Å². The second kappa shape index (κ2) is 12.0. The predicted molar refractivity (Wildman–Crippen MR) is 140 cm³/mol. The highest BCUT2D eigenvalue weighted by atomic mass is 31.1. The van der Waals surface area contributed by atoms with Gasteiger partial charge in [-0.15, -0.1) is 4.52 Å². The number of carbonyl (C=O) groups is 2. The summed E-state index contributed by atoms with van der Waals surface area (Å²) in [5.41, 5.74) is 4.72. The van der Waals surface area contributed by atoms with Gasteiger partial charge in [0.1, 0.15) is 24.0 Å². The SMILES string of the molecule is CC(C)C(=O)O[C@H]1[C@H](c2ccc3c(N)ncnn23)O[C@](C#N)(CO[P+](=O)Oc2ccccc2)[C@H]1OC(=O)C(C)C. The minimum Gasteiger partial charge on any atom is -0.455 e. The molecule has 2 N–H and O–H groups in total. The van der Waals surface area contributed by atoms with Crippen LogP contribution in [-0.4, -0.2) is 51.0 Å². The Labute approximate surface area is 231 Å². The summed E-state index contributed by atoms with van der Waals surface area (Å²) in [4.78, 5) is 29.6. The first-order valence-corrected chi connectivity index (χ1v) is 13.6. The number of rotatable bonds is 10. The van der Waals surface area contributed by atoms with Gasteiger partial charge in [0.2, 0.25) is 5.60 Å². The number of hydrogen-bond donors (Lipinski definition) is 1. The Morgan fingerprint density at radius 1 is 1.12 bits per heavy atom. The molecular formula is C26H29N5O8P+. The van der Waals surface area contributed by atoms with Crippen molar-refractivity contribution in [2.24, 2.45) is 11.8 Å². The molecule has 2 aromatic heterocycles. The molecule has 40 heavy (non-hydrogen) atoms. The van der Waals surface area contributed by atoms with E-state index in [0.29, 0.717) is 11.2 Å². The van der Waals surface area contributed by atoms with E-state index >= 15 is 0 Å². The van der Waals surface area contributed by atoms with Gasteiger partial charge >= 0.3 is 20.2 Å². The molecule has 4 rings (SSSR count). The molecule has 3 aromatic rings. The molecule has 0 bridgehead atoms. The van der Waals surface area contributed by atoms with E-state index in [9.17, 15) is 19.4 Å². The molecule has 14 heteroatoms. The normalized spacial score (nSPS) is 22.7. The van der Waals surface area contributed by atoms with Crippen LogP contribution in [-0.2, 0) is 32.9 Å². The third kappa shape index (κ3) is 5.89. The van der Waals surface area contributed by atoms with Crippen LogP contribution in [0.3, 0.4) is 0 Å². The molecule has 0 aliphatic carbocycles. The number of fused-ring (bicyclic) bond motifs is 1. The summed E-state index contributed by atoms with van der Waals surface area (Å²) in [6, 6.07) is 13.6. The smallest absolute Gasteiger partial charge is 0.455 e. The number of benzene rings is 1. The van der Waals surface area contributed by atoms with Crippen LogP contribution in [0.1, 0.15) is 39.5 Å². The van der Waals surface area contributed by atoms with E-state index in [1.54, 1.807) is 70.2 Å². The average molecular weight is 571 g/mol. The van der Waals surface area contributed by atoms with Crippen molar-refractivity contribution in [3.05, 3.63) is 54.5 Å². The maximum atomic E-state index is 12.8. The second-order valence-electron chi connectivity index (χ2n) is 9.71. The van der Waals surface area contributed by atoms with Crippen LogP contribution in [0, 0.1) is 23.2 Å². The van der Waals surface area contributed by atoms with E-state index in [1.807, 2.05) is 6.07 Å². The number of aromatic nitrogens is 3. The molecule has 0 saturated carbocycles. The molecule has 0 radical (unpaired) electrons. The molecule has 0 amide bonds. The Morgan fingerprint density at radius 3 is 2.45 bits per heavy atom. The summed E-state index contributed by atoms with van der Waals surface area (Å²) < 4.78 is 42.6. The van der Waals surface area contributed by atoms with Gasteiger partial charge in [-0.25, -0.2) is 14.0 Å². The molecule has 1 aliphatic heterocycles. The Balaban J connectivity index is 1.74. The summed E-state index contributed by atoms with van der Waals surface area (Å²) in [5, 5.41) is 14.6. The maximum Gasteiger partial charge on any atom is 0.750 e. The zero-order valence-electron chi connectivity index (χ0n) is 22.3. The monoisotopic (exact) mass is 570 g/mol. The molecule has 13 nitrogen and oxygen atoms in total. The number of nitrogens with two attached hydrogens (primary N) is 1. The third-order valence-corrected chi connectivity index (χ3v) is 6.83. The van der Waals surface area contributed by atoms with Crippen LogP contribution >= 0.6 is 8.25 Å². The second-order valence-corrected chi connectivity index (χ2v) is 10.6. The minimum absolute atomic E-state index is 0.183. The highest BCUT2D eigenvalue weighted by Gasteiger charge is 2.63. The van der Waals surface area contributed by atoms with Gasteiger partial charge in [-0.05, 0) is 24.3 Å². The number of anilines is 1. The predicted octanol–water partition coefficient (Wildman–Crippen LogP) is 3.53. The van der Waals surface area contributed by atoms with Crippen molar-refractivity contribution in [3.8, 4) is 11.8 Å².